The summed E-state index contributed by atoms with van der Waals surface area (Å²) in [5.41, 5.74) is 8.33. The highest BCUT2D eigenvalue weighted by molar-refractivity contribution is 5.92. The van der Waals surface area contributed by atoms with Crippen molar-refractivity contribution in [1.82, 2.24) is 4.90 Å². The summed E-state index contributed by atoms with van der Waals surface area (Å²) >= 11 is 0. The highest BCUT2D eigenvalue weighted by Crippen LogP contribution is 2.49. The van der Waals surface area contributed by atoms with Crippen LogP contribution in [0.2, 0.25) is 0 Å². The molecule has 3 N–H and O–H groups in total. The standard InChI is InChI=1S/C22H26N2O3/c1-22-9-10-24(2)20(11-15-3-6-16(25)12-18(15)22)19(22)13-27-17-7-4-14(5-8-17)21(23)26/h3-8,12,19-20,25H,9-11,13H2,1-2H3,(H2,23,26). The largest absolute Gasteiger partial charge is 0.508 e. The molecule has 5 nitrogen and oxygen atoms in total. The first-order valence-corrected chi connectivity index (χ1v) is 9.44. The second kappa shape index (κ2) is 6.57. The quantitative estimate of drug-likeness (QED) is 0.872. The number of phenolic OH excluding ortho intramolecular Hbond substituents is 1. The van der Waals surface area contributed by atoms with Gasteiger partial charge in [-0.1, -0.05) is 13.0 Å². The van der Waals surface area contributed by atoms with E-state index in [2.05, 4.69) is 24.9 Å². The van der Waals surface area contributed by atoms with Crippen LogP contribution in [0.25, 0.3) is 0 Å². The predicted molar refractivity (Wildman–Crippen MR) is 104 cm³/mol. The topological polar surface area (TPSA) is 75.8 Å². The molecule has 2 aliphatic rings. The van der Waals surface area contributed by atoms with Gasteiger partial charge in [-0.15, -0.1) is 0 Å². The molecule has 3 atom stereocenters. The van der Waals surface area contributed by atoms with E-state index in [4.69, 9.17) is 10.5 Å². The smallest absolute Gasteiger partial charge is 0.248 e. The fourth-order valence-corrected chi connectivity index (χ4v) is 4.82. The number of rotatable bonds is 4. The zero-order chi connectivity index (χ0) is 19.2. The summed E-state index contributed by atoms with van der Waals surface area (Å²) in [4.78, 5) is 13.7. The van der Waals surface area contributed by atoms with Gasteiger partial charge in [0.05, 0.1) is 6.61 Å². The zero-order valence-corrected chi connectivity index (χ0v) is 15.8. The van der Waals surface area contributed by atoms with E-state index in [-0.39, 0.29) is 5.41 Å². The van der Waals surface area contributed by atoms with Crippen molar-refractivity contribution in [3.8, 4) is 11.5 Å². The summed E-state index contributed by atoms with van der Waals surface area (Å²) in [6, 6.07) is 13.2. The maximum Gasteiger partial charge on any atom is 0.248 e. The number of benzene rings is 2. The Morgan fingerprint density at radius 1 is 1.30 bits per heavy atom. The monoisotopic (exact) mass is 366 g/mol. The fourth-order valence-electron chi connectivity index (χ4n) is 4.82. The van der Waals surface area contributed by atoms with Crippen LogP contribution in [0, 0.1) is 5.92 Å². The second-order valence-electron chi connectivity index (χ2n) is 8.07. The molecule has 2 bridgehead atoms. The third-order valence-corrected chi connectivity index (χ3v) is 6.54. The summed E-state index contributed by atoms with van der Waals surface area (Å²) in [5.74, 6) is 0.954. The van der Waals surface area contributed by atoms with E-state index in [9.17, 15) is 9.90 Å². The van der Waals surface area contributed by atoms with Gasteiger partial charge in [-0.25, -0.2) is 0 Å². The predicted octanol–water partition coefficient (Wildman–Crippen LogP) is 2.70. The molecule has 2 aromatic rings. The maximum absolute atomic E-state index is 11.2. The number of carbonyl (C=O) groups excluding carboxylic acids is 1. The maximum atomic E-state index is 11.2. The number of likely N-dealkylation sites (tertiary alicyclic amines) is 1. The normalized spacial score (nSPS) is 27.0. The lowest BCUT2D eigenvalue weighted by molar-refractivity contribution is 0.0118. The highest BCUT2D eigenvalue weighted by atomic mass is 16.5. The number of amides is 1. The Bertz CT molecular complexity index is 864. The molecule has 0 radical (unpaired) electrons. The number of phenols is 1. The highest BCUT2D eigenvalue weighted by Gasteiger charge is 2.50. The van der Waals surface area contributed by atoms with E-state index in [1.807, 2.05) is 6.07 Å². The first kappa shape index (κ1) is 17.9. The summed E-state index contributed by atoms with van der Waals surface area (Å²) in [6.45, 7) is 3.94. The number of piperidine rings is 1. The number of ether oxygens (including phenoxy) is 1. The van der Waals surface area contributed by atoms with Gasteiger partial charge in [0.25, 0.3) is 0 Å². The van der Waals surface area contributed by atoms with Gasteiger partial charge in [0, 0.05) is 22.9 Å². The third-order valence-electron chi connectivity index (χ3n) is 6.54. The van der Waals surface area contributed by atoms with Gasteiger partial charge in [0.2, 0.25) is 5.91 Å². The number of primary amides is 1. The third kappa shape index (κ3) is 3.06. The molecule has 4 rings (SSSR count). The Morgan fingerprint density at radius 3 is 2.74 bits per heavy atom. The van der Waals surface area contributed by atoms with Crippen LogP contribution in [0.3, 0.4) is 0 Å². The SMILES string of the molecule is CN1CCC2(C)c3cc(O)ccc3CC1C2COc1ccc(C(N)=O)cc1. The molecule has 0 aromatic heterocycles. The average Bonchev–Trinajstić information content (AvgIpc) is 2.65. The van der Waals surface area contributed by atoms with Gasteiger partial charge >= 0.3 is 0 Å². The molecule has 27 heavy (non-hydrogen) atoms. The van der Waals surface area contributed by atoms with Gasteiger partial charge in [-0.3, -0.25) is 4.79 Å². The van der Waals surface area contributed by atoms with Crippen LogP contribution in [0.4, 0.5) is 0 Å². The van der Waals surface area contributed by atoms with Gasteiger partial charge in [-0.05, 0) is 74.0 Å². The molecule has 3 unspecified atom stereocenters. The Hall–Kier alpha value is -2.53. The second-order valence-corrected chi connectivity index (χ2v) is 8.07. The summed E-state index contributed by atoms with van der Waals surface area (Å²) in [6.07, 6.45) is 2.00. The van der Waals surface area contributed by atoms with Crippen molar-refractivity contribution in [1.29, 1.82) is 0 Å². The molecule has 1 saturated heterocycles. The summed E-state index contributed by atoms with van der Waals surface area (Å²) < 4.78 is 6.13. The molecular formula is C22H26N2O3. The Labute approximate surface area is 159 Å². The van der Waals surface area contributed by atoms with Crippen LogP contribution in [0.1, 0.15) is 34.8 Å². The van der Waals surface area contributed by atoms with E-state index >= 15 is 0 Å². The fraction of sp³-hybridized carbons (Fsp3) is 0.409. The lowest BCUT2D eigenvalue weighted by Gasteiger charge is -2.54. The van der Waals surface area contributed by atoms with E-state index in [0.29, 0.717) is 29.9 Å². The van der Waals surface area contributed by atoms with Gasteiger partial charge < -0.3 is 20.5 Å². The summed E-state index contributed by atoms with van der Waals surface area (Å²) in [7, 11) is 2.18. The van der Waals surface area contributed by atoms with Crippen molar-refractivity contribution >= 4 is 5.91 Å². The van der Waals surface area contributed by atoms with Gasteiger partial charge in [-0.2, -0.15) is 0 Å². The molecule has 142 valence electrons. The molecule has 1 aliphatic heterocycles. The van der Waals surface area contributed by atoms with Crippen LogP contribution < -0.4 is 10.5 Å². The number of fused-ring (bicyclic) bond motifs is 4. The molecular weight excluding hydrogens is 340 g/mol. The van der Waals surface area contributed by atoms with Gasteiger partial charge in [0.15, 0.2) is 0 Å². The van der Waals surface area contributed by atoms with E-state index < -0.39 is 5.91 Å². The number of nitrogens with zero attached hydrogens (tertiary/aromatic N) is 1. The van der Waals surface area contributed by atoms with Crippen LogP contribution in [0.5, 0.6) is 11.5 Å². The number of aromatic hydroxyl groups is 1. The van der Waals surface area contributed by atoms with Crippen molar-refractivity contribution in [3.05, 3.63) is 59.2 Å². The minimum absolute atomic E-state index is 0.0311. The minimum Gasteiger partial charge on any atom is -0.508 e. The number of hydrogen-bond donors (Lipinski definition) is 2. The molecule has 5 heteroatoms. The lowest BCUT2D eigenvalue weighted by atomic mass is 9.58. The summed E-state index contributed by atoms with van der Waals surface area (Å²) in [5, 5.41) is 10.0. The van der Waals surface area contributed by atoms with Crippen molar-refractivity contribution < 1.29 is 14.6 Å². The van der Waals surface area contributed by atoms with Crippen LogP contribution >= 0.6 is 0 Å². The minimum atomic E-state index is -0.436. The van der Waals surface area contributed by atoms with E-state index in [1.54, 1.807) is 30.3 Å². The van der Waals surface area contributed by atoms with Crippen molar-refractivity contribution in [2.75, 3.05) is 20.2 Å². The molecule has 1 fully saturated rings. The zero-order valence-electron chi connectivity index (χ0n) is 15.8. The number of carbonyl (C=O) groups is 1. The average molecular weight is 366 g/mol. The Kier molecular flexibility index (Phi) is 4.35. The first-order chi connectivity index (χ1) is 12.9. The Balaban J connectivity index is 1.60. The molecule has 0 spiro atoms. The number of nitrogens with two attached hydrogens (primary N) is 1. The van der Waals surface area contributed by atoms with Crippen LogP contribution in [0.15, 0.2) is 42.5 Å². The molecule has 1 heterocycles. The molecule has 2 aromatic carbocycles. The van der Waals surface area contributed by atoms with Crippen molar-refractivity contribution in [3.63, 3.8) is 0 Å². The molecule has 1 aliphatic carbocycles. The van der Waals surface area contributed by atoms with Crippen molar-refractivity contribution in [2.45, 2.75) is 31.2 Å². The van der Waals surface area contributed by atoms with E-state index in [0.717, 1.165) is 25.1 Å². The lowest BCUT2D eigenvalue weighted by Crippen LogP contribution is -2.59. The van der Waals surface area contributed by atoms with Crippen molar-refractivity contribution in [2.24, 2.45) is 11.7 Å². The number of hydrogen-bond acceptors (Lipinski definition) is 4. The van der Waals surface area contributed by atoms with E-state index in [1.165, 1.54) is 11.1 Å². The molecule has 0 saturated carbocycles. The molecule has 1 amide bonds. The van der Waals surface area contributed by atoms with Gasteiger partial charge in [0.1, 0.15) is 11.5 Å². The first-order valence-electron chi connectivity index (χ1n) is 9.44. The van der Waals surface area contributed by atoms with Crippen LogP contribution in [-0.4, -0.2) is 42.2 Å². The number of likely N-dealkylation sites (N-methyl/N-ethyl adjacent to an activating group) is 1. The van der Waals surface area contributed by atoms with Crippen LogP contribution in [-0.2, 0) is 11.8 Å². The Morgan fingerprint density at radius 2 is 2.04 bits per heavy atom.